The van der Waals surface area contributed by atoms with Crippen molar-refractivity contribution in [1.82, 2.24) is 0 Å². The number of hydrogen-bond acceptors (Lipinski definition) is 3. The first kappa shape index (κ1) is 14.5. The lowest BCUT2D eigenvalue weighted by atomic mass is 10.0. The number of benzene rings is 1. The fourth-order valence-corrected chi connectivity index (χ4v) is 2.15. The average molecular weight is 316 g/mol. The Hall–Kier alpha value is -1.56. The highest BCUT2D eigenvalue weighted by Crippen LogP contribution is 2.39. The Bertz CT molecular complexity index is 526. The summed E-state index contributed by atoms with van der Waals surface area (Å²) in [5.41, 5.74) is 2.93. The van der Waals surface area contributed by atoms with Gasteiger partial charge in [0.2, 0.25) is 0 Å². The topological polar surface area (TPSA) is 75.6 Å². The summed E-state index contributed by atoms with van der Waals surface area (Å²) in [5.74, 6) is -2.15. The molecule has 0 aromatic heterocycles. The van der Waals surface area contributed by atoms with Gasteiger partial charge in [0.05, 0.1) is 12.8 Å². The van der Waals surface area contributed by atoms with Crippen LogP contribution in [0.15, 0.2) is 4.47 Å². The second-order valence-electron chi connectivity index (χ2n) is 3.86. The van der Waals surface area contributed by atoms with Crippen molar-refractivity contribution >= 4 is 33.5 Å². The smallest absolute Gasteiger partial charge is 0.394 e. The lowest BCUT2D eigenvalue weighted by Crippen LogP contribution is -2.23. The van der Waals surface area contributed by atoms with Crippen LogP contribution in [0.5, 0.6) is 5.75 Å². The molecule has 0 aliphatic rings. The number of amides is 1. The highest BCUT2D eigenvalue weighted by atomic mass is 79.9. The van der Waals surface area contributed by atoms with Gasteiger partial charge in [0, 0.05) is 4.47 Å². The van der Waals surface area contributed by atoms with Gasteiger partial charge < -0.3 is 15.2 Å². The lowest BCUT2D eigenvalue weighted by molar-refractivity contribution is -0.147. The predicted molar refractivity (Wildman–Crippen MR) is 71.2 cm³/mol. The summed E-state index contributed by atoms with van der Waals surface area (Å²) in [6.45, 7) is 5.53. The van der Waals surface area contributed by atoms with E-state index in [1.807, 2.05) is 13.8 Å². The number of nitrogens with one attached hydrogen (secondary N) is 1. The Balaban J connectivity index is 3.42. The number of anilines is 1. The molecule has 0 aliphatic heterocycles. The highest BCUT2D eigenvalue weighted by molar-refractivity contribution is 9.10. The summed E-state index contributed by atoms with van der Waals surface area (Å²) < 4.78 is 6.07. The molecule has 6 heteroatoms. The molecule has 1 aromatic rings. The number of rotatable bonds is 2. The van der Waals surface area contributed by atoms with E-state index in [1.54, 1.807) is 6.92 Å². The molecule has 1 amide bonds. The second-order valence-corrected chi connectivity index (χ2v) is 4.65. The zero-order valence-electron chi connectivity index (χ0n) is 10.5. The molecule has 0 aliphatic carbocycles. The predicted octanol–water partition coefficient (Wildman–Crippen LogP) is 2.41. The molecule has 18 heavy (non-hydrogen) atoms. The average Bonchev–Trinajstić information content (AvgIpc) is 2.33. The monoisotopic (exact) mass is 315 g/mol. The molecular weight excluding hydrogens is 302 g/mol. The Morgan fingerprint density at radius 3 is 2.17 bits per heavy atom. The molecule has 0 spiro atoms. The van der Waals surface area contributed by atoms with Gasteiger partial charge in [0.25, 0.3) is 0 Å². The van der Waals surface area contributed by atoms with Crippen LogP contribution in [0.25, 0.3) is 0 Å². The number of hydrogen-bond donors (Lipinski definition) is 2. The number of carboxylic acids is 1. The fourth-order valence-electron chi connectivity index (χ4n) is 1.66. The first-order chi connectivity index (χ1) is 8.31. The fraction of sp³-hybridized carbons (Fsp3) is 0.333. The second kappa shape index (κ2) is 5.39. The van der Waals surface area contributed by atoms with Gasteiger partial charge in [-0.15, -0.1) is 0 Å². The van der Waals surface area contributed by atoms with E-state index in [9.17, 15) is 9.59 Å². The number of methoxy groups -OCH3 is 1. The largest absolute Gasteiger partial charge is 0.494 e. The Morgan fingerprint density at radius 1 is 1.17 bits per heavy atom. The molecular formula is C12H14BrNO4. The molecule has 0 fully saturated rings. The molecule has 1 rings (SSSR count). The van der Waals surface area contributed by atoms with Gasteiger partial charge in [-0.05, 0) is 37.5 Å². The zero-order valence-corrected chi connectivity index (χ0v) is 12.1. The first-order valence-electron chi connectivity index (χ1n) is 5.18. The zero-order chi connectivity index (χ0) is 14.0. The minimum Gasteiger partial charge on any atom is -0.494 e. The summed E-state index contributed by atoms with van der Waals surface area (Å²) in [7, 11) is 1.48. The van der Waals surface area contributed by atoms with E-state index in [0.29, 0.717) is 11.4 Å². The van der Waals surface area contributed by atoms with Gasteiger partial charge in [-0.3, -0.25) is 4.79 Å². The van der Waals surface area contributed by atoms with Crippen molar-refractivity contribution in [3.63, 3.8) is 0 Å². The van der Waals surface area contributed by atoms with Crippen molar-refractivity contribution in [2.24, 2.45) is 0 Å². The van der Waals surface area contributed by atoms with Crippen LogP contribution >= 0.6 is 15.9 Å². The van der Waals surface area contributed by atoms with Gasteiger partial charge in [-0.25, -0.2) is 4.79 Å². The van der Waals surface area contributed by atoms with E-state index in [1.165, 1.54) is 7.11 Å². The standard InChI is InChI=1S/C12H14BrNO4/c1-5-6(2)10(18-4)9(7(3)8(5)13)14-11(15)12(16)17/h1-4H3,(H,14,15)(H,16,17). The van der Waals surface area contributed by atoms with Gasteiger partial charge in [0.15, 0.2) is 0 Å². The molecule has 98 valence electrons. The summed E-state index contributed by atoms with van der Waals surface area (Å²) in [6, 6.07) is 0. The molecule has 0 radical (unpaired) electrons. The quantitative estimate of drug-likeness (QED) is 0.822. The molecule has 0 saturated carbocycles. The third kappa shape index (κ3) is 2.48. The summed E-state index contributed by atoms with van der Waals surface area (Å²) in [5, 5.41) is 11.0. The SMILES string of the molecule is COc1c(C)c(C)c(Br)c(C)c1NC(=O)C(=O)O. The Labute approximate surface area is 113 Å². The van der Waals surface area contributed by atoms with E-state index in [2.05, 4.69) is 21.2 Å². The number of carbonyl (C=O) groups excluding carboxylic acids is 1. The number of aliphatic carboxylic acids is 1. The van der Waals surface area contributed by atoms with Crippen LogP contribution in [-0.2, 0) is 9.59 Å². The van der Waals surface area contributed by atoms with Crippen LogP contribution in [-0.4, -0.2) is 24.1 Å². The van der Waals surface area contributed by atoms with E-state index in [0.717, 1.165) is 21.2 Å². The maximum Gasteiger partial charge on any atom is 0.394 e. The van der Waals surface area contributed by atoms with Crippen LogP contribution in [0.4, 0.5) is 5.69 Å². The minimum absolute atomic E-state index is 0.375. The van der Waals surface area contributed by atoms with E-state index >= 15 is 0 Å². The van der Waals surface area contributed by atoms with Crippen molar-refractivity contribution in [1.29, 1.82) is 0 Å². The van der Waals surface area contributed by atoms with Crippen molar-refractivity contribution in [3.8, 4) is 5.75 Å². The normalized spacial score (nSPS) is 10.1. The molecule has 0 saturated heterocycles. The van der Waals surface area contributed by atoms with Crippen LogP contribution in [0.2, 0.25) is 0 Å². The van der Waals surface area contributed by atoms with Gasteiger partial charge in [-0.1, -0.05) is 15.9 Å². The van der Waals surface area contributed by atoms with Crippen LogP contribution in [0.1, 0.15) is 16.7 Å². The lowest BCUT2D eigenvalue weighted by Gasteiger charge is -2.18. The van der Waals surface area contributed by atoms with Crippen molar-refractivity contribution < 1.29 is 19.4 Å². The summed E-state index contributed by atoms with van der Waals surface area (Å²) in [4.78, 5) is 21.8. The molecule has 0 heterocycles. The van der Waals surface area contributed by atoms with Crippen LogP contribution < -0.4 is 10.1 Å². The van der Waals surface area contributed by atoms with Gasteiger partial charge >= 0.3 is 11.9 Å². The number of carbonyl (C=O) groups is 2. The highest BCUT2D eigenvalue weighted by Gasteiger charge is 2.20. The molecule has 1 aromatic carbocycles. The van der Waals surface area contributed by atoms with Crippen LogP contribution in [0.3, 0.4) is 0 Å². The van der Waals surface area contributed by atoms with Gasteiger partial charge in [-0.2, -0.15) is 0 Å². The van der Waals surface area contributed by atoms with Crippen molar-refractivity contribution in [2.45, 2.75) is 20.8 Å². The van der Waals surface area contributed by atoms with E-state index in [4.69, 9.17) is 9.84 Å². The maximum atomic E-state index is 11.3. The Morgan fingerprint density at radius 2 is 1.72 bits per heavy atom. The molecule has 0 unspecified atom stereocenters. The molecule has 0 atom stereocenters. The van der Waals surface area contributed by atoms with Crippen molar-refractivity contribution in [3.05, 3.63) is 21.2 Å². The molecule has 5 nitrogen and oxygen atoms in total. The summed E-state index contributed by atoms with van der Waals surface area (Å²) >= 11 is 3.42. The minimum atomic E-state index is -1.54. The number of ether oxygens (including phenoxy) is 1. The van der Waals surface area contributed by atoms with Crippen molar-refractivity contribution in [2.75, 3.05) is 12.4 Å². The van der Waals surface area contributed by atoms with E-state index in [-0.39, 0.29) is 0 Å². The third-order valence-electron chi connectivity index (χ3n) is 2.80. The van der Waals surface area contributed by atoms with Crippen LogP contribution in [0, 0.1) is 20.8 Å². The maximum absolute atomic E-state index is 11.3. The molecule has 2 N–H and O–H groups in total. The third-order valence-corrected chi connectivity index (χ3v) is 3.99. The number of halogens is 1. The van der Waals surface area contributed by atoms with Gasteiger partial charge in [0.1, 0.15) is 5.75 Å². The molecule has 0 bridgehead atoms. The Kier molecular flexibility index (Phi) is 4.34. The van der Waals surface area contributed by atoms with E-state index < -0.39 is 11.9 Å². The summed E-state index contributed by atoms with van der Waals surface area (Å²) in [6.07, 6.45) is 0. The number of carboxylic acid groups (broad SMARTS) is 1. The first-order valence-corrected chi connectivity index (χ1v) is 5.98.